The fourth-order valence-electron chi connectivity index (χ4n) is 1.91. The molecule has 0 saturated carbocycles. The summed E-state index contributed by atoms with van der Waals surface area (Å²) in [5, 5.41) is 2.74. The molecule has 0 aliphatic rings. The van der Waals surface area contributed by atoms with E-state index in [0.717, 1.165) is 22.9 Å². The van der Waals surface area contributed by atoms with E-state index in [1.807, 2.05) is 19.1 Å². The third-order valence-corrected chi connectivity index (χ3v) is 2.98. The first-order valence-electron chi connectivity index (χ1n) is 6.04. The van der Waals surface area contributed by atoms with E-state index in [-0.39, 0.29) is 5.69 Å². The highest BCUT2D eigenvalue weighted by Gasteiger charge is 2.13. The van der Waals surface area contributed by atoms with Crippen LogP contribution in [0, 0.1) is 24.4 Å². The molecule has 0 spiro atoms. The summed E-state index contributed by atoms with van der Waals surface area (Å²) in [4.78, 5) is 0. The Morgan fingerprint density at radius 2 is 1.80 bits per heavy atom. The molecule has 0 atom stereocenters. The van der Waals surface area contributed by atoms with Gasteiger partial charge in [0.1, 0.15) is 5.75 Å². The molecule has 0 radical (unpaired) electrons. The minimum Gasteiger partial charge on any atom is -0.496 e. The quantitative estimate of drug-likeness (QED) is 0.854. The summed E-state index contributed by atoms with van der Waals surface area (Å²) in [7, 11) is 1.58. The molecule has 0 bridgehead atoms. The molecule has 0 saturated heterocycles. The predicted octanol–water partition coefficient (Wildman–Crippen LogP) is 4.03. The number of rotatable bonds is 4. The van der Waals surface area contributed by atoms with Gasteiger partial charge < -0.3 is 10.1 Å². The Kier molecular flexibility index (Phi) is 4.17. The van der Waals surface area contributed by atoms with Gasteiger partial charge in [-0.25, -0.2) is 13.2 Å². The molecule has 0 amide bonds. The lowest BCUT2D eigenvalue weighted by Gasteiger charge is -2.10. The standard InChI is InChI=1S/C15H14F3NO/c1-9-7-10(3-6-13(9)20-2)8-19-12-5-4-11(16)14(17)15(12)18/h3-7,19H,8H2,1-2H3. The molecule has 0 unspecified atom stereocenters. The zero-order valence-corrected chi connectivity index (χ0v) is 11.1. The SMILES string of the molecule is COc1ccc(CNc2ccc(F)c(F)c2F)cc1C. The lowest BCUT2D eigenvalue weighted by Crippen LogP contribution is -2.04. The number of halogens is 3. The average molecular weight is 281 g/mol. The summed E-state index contributed by atoms with van der Waals surface area (Å²) in [5.41, 5.74) is 1.75. The minimum atomic E-state index is -1.47. The fraction of sp³-hybridized carbons (Fsp3) is 0.200. The van der Waals surface area contributed by atoms with Crippen molar-refractivity contribution in [2.75, 3.05) is 12.4 Å². The van der Waals surface area contributed by atoms with Crippen LogP contribution in [-0.4, -0.2) is 7.11 Å². The summed E-state index contributed by atoms with van der Waals surface area (Å²) in [6, 6.07) is 7.55. The van der Waals surface area contributed by atoms with Crippen LogP contribution in [0.25, 0.3) is 0 Å². The summed E-state index contributed by atoms with van der Waals surface area (Å²) < 4.78 is 44.5. The molecular weight excluding hydrogens is 267 g/mol. The van der Waals surface area contributed by atoms with E-state index in [9.17, 15) is 13.2 Å². The predicted molar refractivity (Wildman–Crippen MR) is 71.4 cm³/mol. The fourth-order valence-corrected chi connectivity index (χ4v) is 1.91. The first-order valence-corrected chi connectivity index (χ1v) is 6.04. The zero-order valence-electron chi connectivity index (χ0n) is 11.1. The van der Waals surface area contributed by atoms with E-state index in [1.54, 1.807) is 13.2 Å². The van der Waals surface area contributed by atoms with Gasteiger partial charge in [0.15, 0.2) is 17.5 Å². The highest BCUT2D eigenvalue weighted by Crippen LogP contribution is 2.22. The van der Waals surface area contributed by atoms with Crippen molar-refractivity contribution >= 4 is 5.69 Å². The van der Waals surface area contributed by atoms with Crippen molar-refractivity contribution in [3.05, 3.63) is 58.9 Å². The molecule has 0 aliphatic heterocycles. The molecule has 0 heterocycles. The second-order valence-electron chi connectivity index (χ2n) is 4.38. The van der Waals surface area contributed by atoms with Crippen molar-refractivity contribution in [1.82, 2.24) is 0 Å². The smallest absolute Gasteiger partial charge is 0.196 e. The van der Waals surface area contributed by atoms with Crippen molar-refractivity contribution < 1.29 is 17.9 Å². The number of methoxy groups -OCH3 is 1. The first-order chi connectivity index (χ1) is 9.52. The van der Waals surface area contributed by atoms with Crippen LogP contribution in [0.4, 0.5) is 18.9 Å². The minimum absolute atomic E-state index is 0.0719. The Morgan fingerprint density at radius 3 is 2.45 bits per heavy atom. The molecule has 106 valence electrons. The van der Waals surface area contributed by atoms with Crippen LogP contribution < -0.4 is 10.1 Å². The van der Waals surface area contributed by atoms with Crippen molar-refractivity contribution in [2.45, 2.75) is 13.5 Å². The number of hydrogen-bond acceptors (Lipinski definition) is 2. The van der Waals surface area contributed by atoms with Crippen LogP contribution in [0.3, 0.4) is 0 Å². The molecule has 2 aromatic rings. The topological polar surface area (TPSA) is 21.3 Å². The maximum atomic E-state index is 13.5. The monoisotopic (exact) mass is 281 g/mol. The molecule has 0 aliphatic carbocycles. The molecule has 2 aromatic carbocycles. The highest BCUT2D eigenvalue weighted by atomic mass is 19.2. The Hall–Kier alpha value is -2.17. The summed E-state index contributed by atoms with van der Waals surface area (Å²) in [5.74, 6) is -3.13. The van der Waals surface area contributed by atoms with Gasteiger partial charge in [0, 0.05) is 6.54 Å². The Balaban J connectivity index is 2.13. The van der Waals surface area contributed by atoms with Gasteiger partial charge in [-0.05, 0) is 36.2 Å². The number of anilines is 1. The van der Waals surface area contributed by atoms with E-state index in [0.29, 0.717) is 6.54 Å². The van der Waals surface area contributed by atoms with Crippen molar-refractivity contribution in [3.8, 4) is 5.75 Å². The van der Waals surface area contributed by atoms with Crippen molar-refractivity contribution in [3.63, 3.8) is 0 Å². The molecule has 1 N–H and O–H groups in total. The van der Waals surface area contributed by atoms with E-state index >= 15 is 0 Å². The van der Waals surface area contributed by atoms with Gasteiger partial charge in [0.05, 0.1) is 12.8 Å². The third kappa shape index (κ3) is 2.87. The van der Waals surface area contributed by atoms with Gasteiger partial charge in [-0.1, -0.05) is 12.1 Å². The number of hydrogen-bond donors (Lipinski definition) is 1. The Bertz CT molecular complexity index is 629. The molecule has 20 heavy (non-hydrogen) atoms. The lowest BCUT2D eigenvalue weighted by atomic mass is 10.1. The maximum absolute atomic E-state index is 13.5. The molecule has 0 aromatic heterocycles. The zero-order chi connectivity index (χ0) is 14.7. The molecular formula is C15H14F3NO. The number of ether oxygens (including phenoxy) is 1. The van der Waals surface area contributed by atoms with Gasteiger partial charge >= 0.3 is 0 Å². The molecule has 2 nitrogen and oxygen atoms in total. The van der Waals surface area contributed by atoms with Gasteiger partial charge in [-0.2, -0.15) is 0 Å². The van der Waals surface area contributed by atoms with Crippen LogP contribution >= 0.6 is 0 Å². The summed E-state index contributed by atoms with van der Waals surface area (Å²) >= 11 is 0. The van der Waals surface area contributed by atoms with Crippen LogP contribution in [-0.2, 0) is 6.54 Å². The van der Waals surface area contributed by atoms with Crippen molar-refractivity contribution in [2.24, 2.45) is 0 Å². The van der Waals surface area contributed by atoms with E-state index in [1.165, 1.54) is 6.07 Å². The van der Waals surface area contributed by atoms with Gasteiger partial charge in [-0.15, -0.1) is 0 Å². The second-order valence-corrected chi connectivity index (χ2v) is 4.38. The summed E-state index contributed by atoms with van der Waals surface area (Å²) in [6.45, 7) is 2.19. The molecule has 5 heteroatoms. The van der Waals surface area contributed by atoms with Crippen LogP contribution in [0.15, 0.2) is 30.3 Å². The van der Waals surface area contributed by atoms with Crippen LogP contribution in [0.5, 0.6) is 5.75 Å². The number of benzene rings is 2. The normalized spacial score (nSPS) is 10.4. The highest BCUT2D eigenvalue weighted by molar-refractivity contribution is 5.46. The molecule has 0 fully saturated rings. The Morgan fingerprint density at radius 1 is 1.05 bits per heavy atom. The van der Waals surface area contributed by atoms with Crippen LogP contribution in [0.1, 0.15) is 11.1 Å². The first kappa shape index (κ1) is 14.2. The molecule has 2 rings (SSSR count). The van der Waals surface area contributed by atoms with Gasteiger partial charge in [0.25, 0.3) is 0 Å². The Labute approximate surface area is 115 Å². The van der Waals surface area contributed by atoms with E-state index < -0.39 is 17.5 Å². The number of aryl methyl sites for hydroxylation is 1. The maximum Gasteiger partial charge on any atom is 0.196 e. The van der Waals surface area contributed by atoms with Gasteiger partial charge in [0.2, 0.25) is 0 Å². The van der Waals surface area contributed by atoms with E-state index in [2.05, 4.69) is 5.32 Å². The second kappa shape index (κ2) is 5.86. The summed E-state index contributed by atoms with van der Waals surface area (Å²) in [6.07, 6.45) is 0. The van der Waals surface area contributed by atoms with E-state index in [4.69, 9.17) is 4.74 Å². The van der Waals surface area contributed by atoms with Gasteiger partial charge in [-0.3, -0.25) is 0 Å². The average Bonchev–Trinajstić information content (AvgIpc) is 2.44. The van der Waals surface area contributed by atoms with Crippen molar-refractivity contribution in [1.29, 1.82) is 0 Å². The van der Waals surface area contributed by atoms with Crippen LogP contribution in [0.2, 0.25) is 0 Å². The largest absolute Gasteiger partial charge is 0.496 e. The lowest BCUT2D eigenvalue weighted by molar-refractivity contribution is 0.411. The number of nitrogens with one attached hydrogen (secondary N) is 1. The third-order valence-electron chi connectivity index (χ3n) is 2.98.